The Kier molecular flexibility index (Phi) is 7.67. The third kappa shape index (κ3) is 6.20. The predicted octanol–water partition coefficient (Wildman–Crippen LogP) is 2.39. The van der Waals surface area contributed by atoms with E-state index in [-0.39, 0.29) is 17.9 Å². The van der Waals surface area contributed by atoms with Crippen molar-refractivity contribution in [1.82, 2.24) is 29.7 Å². The normalized spacial score (nSPS) is 17.9. The van der Waals surface area contributed by atoms with E-state index < -0.39 is 17.7 Å². The van der Waals surface area contributed by atoms with Crippen molar-refractivity contribution in [3.05, 3.63) is 48.5 Å². The lowest BCUT2D eigenvalue weighted by Gasteiger charge is -2.23. The maximum atomic E-state index is 12.6. The molecule has 0 spiro atoms. The number of nitrogens with zero attached hydrogens (tertiary/aromatic N) is 5. The molecule has 1 saturated heterocycles. The van der Waals surface area contributed by atoms with Gasteiger partial charge in [0.15, 0.2) is 17.0 Å². The van der Waals surface area contributed by atoms with Crippen LogP contribution in [0, 0.1) is 0 Å². The molecule has 0 bridgehead atoms. The van der Waals surface area contributed by atoms with E-state index in [0.717, 1.165) is 0 Å². The molecule has 37 heavy (non-hydrogen) atoms. The van der Waals surface area contributed by atoms with Gasteiger partial charge in [-0.15, -0.1) is 0 Å². The molecule has 1 aliphatic heterocycles. The molecule has 3 aromatic rings. The molecule has 0 aliphatic carbocycles. The molecule has 1 unspecified atom stereocenters. The first-order valence-electron chi connectivity index (χ1n) is 12.0. The average Bonchev–Trinajstić information content (AvgIpc) is 3.48. The van der Waals surface area contributed by atoms with Crippen molar-refractivity contribution >= 4 is 35.0 Å². The van der Waals surface area contributed by atoms with Crippen molar-refractivity contribution in [2.75, 3.05) is 32.1 Å². The van der Waals surface area contributed by atoms with E-state index in [1.54, 1.807) is 51.4 Å². The fraction of sp³-hybridized carbons (Fsp3) is 0.440. The van der Waals surface area contributed by atoms with Gasteiger partial charge in [-0.25, -0.2) is 19.7 Å². The lowest BCUT2D eigenvalue weighted by molar-refractivity contribution is -0.145. The van der Waals surface area contributed by atoms with Gasteiger partial charge in [0.1, 0.15) is 18.0 Å². The number of amides is 2. The second-order valence-corrected chi connectivity index (χ2v) is 9.72. The number of carbonyl (C=O) groups excluding carboxylic acids is 3. The average molecular weight is 510 g/mol. The number of likely N-dealkylation sites (tertiary alicyclic amines) is 1. The van der Waals surface area contributed by atoms with Gasteiger partial charge in [-0.3, -0.25) is 14.5 Å². The highest BCUT2D eigenvalue weighted by Gasteiger charge is 2.39. The smallest absolute Gasteiger partial charge is 0.407 e. The molecule has 2 atom stereocenters. The summed E-state index contributed by atoms with van der Waals surface area (Å²) >= 11 is 0. The summed E-state index contributed by atoms with van der Waals surface area (Å²) in [6.45, 7) is 6.62. The maximum Gasteiger partial charge on any atom is 0.407 e. The number of alkyl carbamates (subject to hydrolysis) is 1. The van der Waals surface area contributed by atoms with Crippen LogP contribution in [0.1, 0.15) is 43.6 Å². The number of hydrogen-bond donors (Lipinski definition) is 2. The molecular formula is C25H31N7O5. The van der Waals surface area contributed by atoms with Crippen LogP contribution in [0.15, 0.2) is 43.0 Å². The van der Waals surface area contributed by atoms with Gasteiger partial charge in [0.05, 0.1) is 19.5 Å². The summed E-state index contributed by atoms with van der Waals surface area (Å²) in [6.07, 6.45) is 2.97. The zero-order valence-corrected chi connectivity index (χ0v) is 21.3. The summed E-state index contributed by atoms with van der Waals surface area (Å²) in [4.78, 5) is 52.2. The molecule has 4 rings (SSSR count). The van der Waals surface area contributed by atoms with Crippen LogP contribution in [0.3, 0.4) is 0 Å². The number of aromatic nitrogens is 4. The van der Waals surface area contributed by atoms with Gasteiger partial charge in [0, 0.05) is 25.2 Å². The monoisotopic (exact) mass is 509 g/mol. The third-order valence-electron chi connectivity index (χ3n) is 5.94. The van der Waals surface area contributed by atoms with Crippen molar-refractivity contribution < 1.29 is 23.9 Å². The highest BCUT2D eigenvalue weighted by Crippen LogP contribution is 2.31. The molecular weight excluding hydrogens is 478 g/mol. The van der Waals surface area contributed by atoms with Gasteiger partial charge >= 0.3 is 12.1 Å². The van der Waals surface area contributed by atoms with Crippen LogP contribution < -0.4 is 10.6 Å². The summed E-state index contributed by atoms with van der Waals surface area (Å²) in [5, 5.41) is 5.53. The summed E-state index contributed by atoms with van der Waals surface area (Å²) in [5.74, 6) is -0.349. The van der Waals surface area contributed by atoms with Crippen LogP contribution >= 0.6 is 0 Å². The van der Waals surface area contributed by atoms with Gasteiger partial charge in [0.25, 0.3) is 5.91 Å². The standard InChI is InChI=1S/C25H31N7O5/c1-25(2,3)37-24(35)26-10-11-31-13-17(12-18(31)23(34)36-4)32-15-29-19-20(27-14-28-21(19)32)30-22(33)16-8-6-5-7-9-16/h5-9,14-15,17-18H,10-13H2,1-4H3,(H,26,35)(H,27,28,30,33)/t17-,18?/m0/s1. The van der Waals surface area contributed by atoms with E-state index in [2.05, 4.69) is 25.6 Å². The van der Waals surface area contributed by atoms with Crippen LogP contribution in [0.25, 0.3) is 11.2 Å². The topological polar surface area (TPSA) is 141 Å². The summed E-state index contributed by atoms with van der Waals surface area (Å²) < 4.78 is 12.2. The molecule has 0 radical (unpaired) electrons. The number of imidazole rings is 1. The van der Waals surface area contributed by atoms with Crippen molar-refractivity contribution in [1.29, 1.82) is 0 Å². The number of esters is 1. The van der Waals surface area contributed by atoms with Gasteiger partial charge in [-0.2, -0.15) is 0 Å². The van der Waals surface area contributed by atoms with Crippen molar-refractivity contribution in [2.45, 2.75) is 44.9 Å². The zero-order chi connectivity index (χ0) is 26.6. The first-order valence-corrected chi connectivity index (χ1v) is 12.0. The first kappa shape index (κ1) is 26.0. The van der Waals surface area contributed by atoms with E-state index >= 15 is 0 Å². The molecule has 12 heteroatoms. The minimum Gasteiger partial charge on any atom is -0.468 e. The minimum atomic E-state index is -0.596. The number of methoxy groups -OCH3 is 1. The Labute approximate surface area is 214 Å². The van der Waals surface area contributed by atoms with Crippen LogP contribution in [0.5, 0.6) is 0 Å². The number of nitrogens with one attached hydrogen (secondary N) is 2. The highest BCUT2D eigenvalue weighted by atomic mass is 16.6. The fourth-order valence-corrected chi connectivity index (χ4v) is 4.30. The Balaban J connectivity index is 1.48. The molecule has 12 nitrogen and oxygen atoms in total. The fourth-order valence-electron chi connectivity index (χ4n) is 4.30. The van der Waals surface area contributed by atoms with Crippen LogP contribution in [-0.2, 0) is 14.3 Å². The molecule has 3 heterocycles. The SMILES string of the molecule is COC(=O)C1C[C@H](n2cnc3c(NC(=O)c4ccccc4)ncnc32)CN1CCNC(=O)OC(C)(C)C. The number of ether oxygens (including phenoxy) is 2. The number of benzene rings is 1. The van der Waals surface area contributed by atoms with E-state index in [1.807, 2.05) is 15.5 Å². The third-order valence-corrected chi connectivity index (χ3v) is 5.94. The Morgan fingerprint density at radius 3 is 2.57 bits per heavy atom. The molecule has 2 amide bonds. The Bertz CT molecular complexity index is 1270. The van der Waals surface area contributed by atoms with E-state index in [0.29, 0.717) is 48.6 Å². The second kappa shape index (κ2) is 10.9. The zero-order valence-electron chi connectivity index (χ0n) is 21.3. The molecule has 1 fully saturated rings. The van der Waals surface area contributed by atoms with Gasteiger partial charge < -0.3 is 24.7 Å². The molecule has 2 N–H and O–H groups in total. The summed E-state index contributed by atoms with van der Waals surface area (Å²) in [6, 6.07) is 8.20. The summed E-state index contributed by atoms with van der Waals surface area (Å²) in [5.41, 5.74) is 0.898. The van der Waals surface area contributed by atoms with Crippen molar-refractivity contribution in [3.63, 3.8) is 0 Å². The quantitative estimate of drug-likeness (QED) is 0.459. The Morgan fingerprint density at radius 1 is 1.11 bits per heavy atom. The van der Waals surface area contributed by atoms with E-state index in [4.69, 9.17) is 9.47 Å². The second-order valence-electron chi connectivity index (χ2n) is 9.72. The van der Waals surface area contributed by atoms with Crippen LogP contribution in [-0.4, -0.2) is 80.8 Å². The highest BCUT2D eigenvalue weighted by molar-refractivity contribution is 6.06. The molecule has 1 aliphatic rings. The number of carbonyl (C=O) groups is 3. The molecule has 196 valence electrons. The van der Waals surface area contributed by atoms with Crippen molar-refractivity contribution in [3.8, 4) is 0 Å². The minimum absolute atomic E-state index is 0.136. The predicted molar refractivity (Wildman–Crippen MR) is 135 cm³/mol. The first-order chi connectivity index (χ1) is 17.7. The number of hydrogen-bond acceptors (Lipinski definition) is 9. The lowest BCUT2D eigenvalue weighted by atomic mass is 10.1. The lowest BCUT2D eigenvalue weighted by Crippen LogP contribution is -2.42. The largest absolute Gasteiger partial charge is 0.468 e. The van der Waals surface area contributed by atoms with E-state index in [9.17, 15) is 14.4 Å². The van der Waals surface area contributed by atoms with Crippen LogP contribution in [0.4, 0.5) is 10.6 Å². The Hall–Kier alpha value is -4.06. The van der Waals surface area contributed by atoms with Crippen molar-refractivity contribution in [2.24, 2.45) is 0 Å². The van der Waals surface area contributed by atoms with Gasteiger partial charge in [-0.05, 0) is 39.3 Å². The molecule has 2 aromatic heterocycles. The maximum absolute atomic E-state index is 12.6. The Morgan fingerprint density at radius 2 is 1.86 bits per heavy atom. The number of anilines is 1. The molecule has 1 aromatic carbocycles. The number of fused-ring (bicyclic) bond motifs is 1. The summed E-state index contributed by atoms with van der Waals surface area (Å²) in [7, 11) is 1.36. The number of rotatable bonds is 7. The van der Waals surface area contributed by atoms with Crippen LogP contribution in [0.2, 0.25) is 0 Å². The van der Waals surface area contributed by atoms with E-state index in [1.165, 1.54) is 13.4 Å². The van der Waals surface area contributed by atoms with Gasteiger partial charge in [-0.1, -0.05) is 18.2 Å². The van der Waals surface area contributed by atoms with Gasteiger partial charge in [0.2, 0.25) is 0 Å². The molecule has 0 saturated carbocycles.